The highest BCUT2D eigenvalue weighted by molar-refractivity contribution is 6.31. The first-order valence-electron chi connectivity index (χ1n) is 10.2. The van der Waals surface area contributed by atoms with Crippen molar-refractivity contribution >= 4 is 35.1 Å². The van der Waals surface area contributed by atoms with Crippen LogP contribution in [0.25, 0.3) is 0 Å². The first-order valence-corrected chi connectivity index (χ1v) is 10.6. The minimum Gasteiger partial charge on any atom is -0.365 e. The first-order chi connectivity index (χ1) is 15.3. The summed E-state index contributed by atoms with van der Waals surface area (Å²) in [5, 5.41) is 4.89. The molecule has 1 aromatic carbocycles. The second-order valence-electron chi connectivity index (χ2n) is 7.88. The van der Waals surface area contributed by atoms with Gasteiger partial charge in [0.2, 0.25) is 5.91 Å². The van der Waals surface area contributed by atoms with Crippen molar-refractivity contribution in [1.82, 2.24) is 25.5 Å². The zero-order valence-corrected chi connectivity index (χ0v) is 18.1. The maximum atomic E-state index is 13.5. The normalized spacial score (nSPS) is 23.2. The van der Waals surface area contributed by atoms with Gasteiger partial charge < -0.3 is 15.1 Å². The number of amides is 4. The second kappa shape index (κ2) is 8.70. The molecule has 1 unspecified atom stereocenters. The number of halogens is 2. The summed E-state index contributed by atoms with van der Waals surface area (Å²) in [5.74, 6) is -1.16. The van der Waals surface area contributed by atoms with Crippen LogP contribution in [-0.4, -0.2) is 58.4 Å². The van der Waals surface area contributed by atoms with Crippen molar-refractivity contribution in [3.63, 3.8) is 0 Å². The van der Waals surface area contributed by atoms with E-state index in [1.807, 2.05) is 6.92 Å². The molecule has 0 spiro atoms. The van der Waals surface area contributed by atoms with Gasteiger partial charge in [0.15, 0.2) is 5.54 Å². The molecule has 0 saturated carbocycles. The minimum absolute atomic E-state index is 0.0161. The molecule has 0 aliphatic carbocycles. The van der Waals surface area contributed by atoms with Gasteiger partial charge in [-0.1, -0.05) is 11.6 Å². The molecule has 2 aliphatic heterocycles. The highest BCUT2D eigenvalue weighted by Crippen LogP contribution is 2.30. The molecule has 2 atom stereocenters. The monoisotopic (exact) mass is 460 g/mol. The summed E-state index contributed by atoms with van der Waals surface area (Å²) in [7, 11) is 0. The highest BCUT2D eigenvalue weighted by Gasteiger charge is 2.49. The molecule has 0 bridgehead atoms. The molecule has 9 nitrogen and oxygen atoms in total. The van der Waals surface area contributed by atoms with E-state index >= 15 is 0 Å². The van der Waals surface area contributed by atoms with Gasteiger partial charge in [0.25, 0.3) is 5.91 Å². The third kappa shape index (κ3) is 4.10. The van der Waals surface area contributed by atoms with Gasteiger partial charge in [0.1, 0.15) is 5.82 Å². The molecule has 1 aromatic heterocycles. The van der Waals surface area contributed by atoms with E-state index in [0.717, 1.165) is 5.69 Å². The Bertz CT molecular complexity index is 1060. The molecule has 4 amide bonds. The van der Waals surface area contributed by atoms with Crippen molar-refractivity contribution in [1.29, 1.82) is 0 Å². The summed E-state index contributed by atoms with van der Waals surface area (Å²) in [6, 6.07) is 3.93. The van der Waals surface area contributed by atoms with Crippen LogP contribution in [0.1, 0.15) is 25.5 Å². The number of carbonyl (C=O) groups excluding carboxylic acids is 3. The SMILES string of the molecule is C[C@H]1CN(C(=O)CCC2(c3cnccn3)NC(=O)NC2=O)CCN1c1ccc(F)c(Cl)c1. The maximum absolute atomic E-state index is 13.5. The van der Waals surface area contributed by atoms with E-state index in [2.05, 4.69) is 25.5 Å². The number of anilines is 1. The lowest BCUT2D eigenvalue weighted by Gasteiger charge is -2.41. The standard InChI is InChI=1S/C21H22ClFN6O3/c1-13-12-28(8-9-29(13)14-2-3-16(23)15(22)10-14)18(30)4-5-21(17-11-24-6-7-25-17)19(31)26-20(32)27-21/h2-3,6-7,10-11,13H,4-5,8-9,12H2,1H3,(H2,26,27,31,32)/t13-,21?/m0/s1. The molecule has 2 fully saturated rings. The molecular formula is C21H22ClFN6O3. The Morgan fingerprint density at radius 3 is 2.75 bits per heavy atom. The van der Waals surface area contributed by atoms with Crippen molar-refractivity contribution in [3.8, 4) is 0 Å². The fourth-order valence-electron chi connectivity index (χ4n) is 4.18. The van der Waals surface area contributed by atoms with E-state index in [4.69, 9.17) is 11.6 Å². The molecular weight excluding hydrogens is 439 g/mol. The summed E-state index contributed by atoms with van der Waals surface area (Å²) in [6.45, 7) is 3.46. The van der Waals surface area contributed by atoms with Crippen LogP contribution in [-0.2, 0) is 15.1 Å². The van der Waals surface area contributed by atoms with Crippen LogP contribution in [0.4, 0.5) is 14.9 Å². The molecule has 32 heavy (non-hydrogen) atoms. The Morgan fingerprint density at radius 2 is 2.12 bits per heavy atom. The van der Waals surface area contributed by atoms with Crippen molar-refractivity contribution < 1.29 is 18.8 Å². The number of aromatic nitrogens is 2. The van der Waals surface area contributed by atoms with Gasteiger partial charge in [0, 0.05) is 50.2 Å². The zero-order chi connectivity index (χ0) is 22.9. The number of rotatable bonds is 5. The van der Waals surface area contributed by atoms with Crippen molar-refractivity contribution in [2.24, 2.45) is 0 Å². The smallest absolute Gasteiger partial charge is 0.322 e. The molecule has 2 saturated heterocycles. The topological polar surface area (TPSA) is 108 Å². The Hall–Kier alpha value is -3.27. The maximum Gasteiger partial charge on any atom is 0.322 e. The number of nitrogens with one attached hydrogen (secondary N) is 2. The van der Waals surface area contributed by atoms with Crippen LogP contribution < -0.4 is 15.5 Å². The van der Waals surface area contributed by atoms with Crippen LogP contribution in [0.5, 0.6) is 0 Å². The Morgan fingerprint density at radius 1 is 1.31 bits per heavy atom. The Balaban J connectivity index is 1.42. The molecule has 3 heterocycles. The predicted molar refractivity (Wildman–Crippen MR) is 114 cm³/mol. The average Bonchev–Trinajstić information content (AvgIpc) is 3.08. The minimum atomic E-state index is -1.43. The number of hydrogen-bond acceptors (Lipinski definition) is 6. The summed E-state index contributed by atoms with van der Waals surface area (Å²) in [5.41, 5.74) is -0.357. The van der Waals surface area contributed by atoms with Gasteiger partial charge in [-0.2, -0.15) is 0 Å². The summed E-state index contributed by atoms with van der Waals surface area (Å²) in [6.07, 6.45) is 4.40. The van der Waals surface area contributed by atoms with E-state index in [9.17, 15) is 18.8 Å². The zero-order valence-electron chi connectivity index (χ0n) is 17.3. The highest BCUT2D eigenvalue weighted by atomic mass is 35.5. The fourth-order valence-corrected chi connectivity index (χ4v) is 4.35. The first kappa shape index (κ1) is 21.9. The van der Waals surface area contributed by atoms with E-state index in [1.165, 1.54) is 24.7 Å². The van der Waals surface area contributed by atoms with Crippen molar-refractivity contribution in [3.05, 3.63) is 53.3 Å². The van der Waals surface area contributed by atoms with Crippen molar-refractivity contribution in [2.45, 2.75) is 31.3 Å². The largest absolute Gasteiger partial charge is 0.365 e. The average molecular weight is 461 g/mol. The molecule has 2 aromatic rings. The van der Waals surface area contributed by atoms with Gasteiger partial charge in [-0.25, -0.2) is 9.18 Å². The third-order valence-electron chi connectivity index (χ3n) is 5.87. The van der Waals surface area contributed by atoms with Crippen molar-refractivity contribution in [2.75, 3.05) is 24.5 Å². The van der Waals surface area contributed by atoms with Gasteiger partial charge in [-0.3, -0.25) is 24.9 Å². The fraction of sp³-hybridized carbons (Fsp3) is 0.381. The van der Waals surface area contributed by atoms with Gasteiger partial charge in [0.05, 0.1) is 16.9 Å². The molecule has 2 N–H and O–H groups in total. The Kier molecular flexibility index (Phi) is 5.96. The number of urea groups is 1. The lowest BCUT2D eigenvalue weighted by Crippen LogP contribution is -2.54. The molecule has 11 heteroatoms. The number of hydrogen-bond donors (Lipinski definition) is 2. The molecule has 0 radical (unpaired) electrons. The van der Waals surface area contributed by atoms with Crippen LogP contribution in [0.3, 0.4) is 0 Å². The lowest BCUT2D eigenvalue weighted by molar-refractivity contribution is -0.133. The van der Waals surface area contributed by atoms with Gasteiger partial charge in [-0.05, 0) is 31.5 Å². The summed E-state index contributed by atoms with van der Waals surface area (Å²) < 4.78 is 13.5. The van der Waals surface area contributed by atoms with Gasteiger partial charge in [-0.15, -0.1) is 0 Å². The number of carbonyl (C=O) groups is 3. The van der Waals surface area contributed by atoms with E-state index in [0.29, 0.717) is 19.6 Å². The van der Waals surface area contributed by atoms with Crippen LogP contribution >= 0.6 is 11.6 Å². The quantitative estimate of drug-likeness (QED) is 0.659. The van der Waals surface area contributed by atoms with Crippen LogP contribution in [0.15, 0.2) is 36.8 Å². The third-order valence-corrected chi connectivity index (χ3v) is 6.16. The second-order valence-corrected chi connectivity index (χ2v) is 8.29. The number of benzene rings is 1. The van der Waals surface area contributed by atoms with Crippen LogP contribution in [0, 0.1) is 5.82 Å². The summed E-state index contributed by atoms with van der Waals surface area (Å²) in [4.78, 5) is 49.3. The number of nitrogens with zero attached hydrogens (tertiary/aromatic N) is 4. The van der Waals surface area contributed by atoms with Gasteiger partial charge >= 0.3 is 6.03 Å². The number of imide groups is 1. The van der Waals surface area contributed by atoms with E-state index in [-0.39, 0.29) is 35.5 Å². The molecule has 2 aliphatic rings. The van der Waals surface area contributed by atoms with Crippen LogP contribution in [0.2, 0.25) is 5.02 Å². The number of piperazine rings is 1. The lowest BCUT2D eigenvalue weighted by atomic mass is 9.89. The van der Waals surface area contributed by atoms with E-state index in [1.54, 1.807) is 17.0 Å². The molecule has 168 valence electrons. The summed E-state index contributed by atoms with van der Waals surface area (Å²) >= 11 is 5.91. The predicted octanol–water partition coefficient (Wildman–Crippen LogP) is 1.82. The Labute approximate surface area is 189 Å². The van der Waals surface area contributed by atoms with E-state index < -0.39 is 23.3 Å². The molecule has 4 rings (SSSR count).